The minimum atomic E-state index is 0.123. The van der Waals surface area contributed by atoms with Crippen LogP contribution in [0.1, 0.15) is 32.6 Å². The molecule has 21 heavy (non-hydrogen) atoms. The molecule has 0 saturated heterocycles. The Hall–Kier alpha value is -2.17. The third kappa shape index (κ3) is 4.70. The summed E-state index contributed by atoms with van der Waals surface area (Å²) < 4.78 is 0. The lowest BCUT2D eigenvalue weighted by atomic mass is 10.2. The zero-order chi connectivity index (χ0) is 14.9. The quantitative estimate of drug-likeness (QED) is 0.732. The van der Waals surface area contributed by atoms with Gasteiger partial charge in [0.2, 0.25) is 5.91 Å². The average molecular weight is 286 g/mol. The van der Waals surface area contributed by atoms with Gasteiger partial charge in [0.1, 0.15) is 12.1 Å². The highest BCUT2D eigenvalue weighted by Gasteiger charge is 2.03. The number of rotatable bonds is 8. The number of benzene rings is 1. The summed E-state index contributed by atoms with van der Waals surface area (Å²) in [4.78, 5) is 20.1. The zero-order valence-electron chi connectivity index (χ0n) is 12.4. The van der Waals surface area contributed by atoms with Crippen molar-refractivity contribution in [2.75, 3.05) is 18.4 Å². The Morgan fingerprint density at radius 2 is 2.00 bits per heavy atom. The third-order valence-electron chi connectivity index (χ3n) is 3.27. The molecule has 0 bridgehead atoms. The van der Waals surface area contributed by atoms with Gasteiger partial charge in [-0.3, -0.25) is 4.79 Å². The average Bonchev–Trinajstić information content (AvgIpc) is 2.52. The van der Waals surface area contributed by atoms with Gasteiger partial charge in [-0.15, -0.1) is 0 Å². The van der Waals surface area contributed by atoms with Crippen molar-refractivity contribution in [3.63, 3.8) is 0 Å². The fourth-order valence-corrected chi connectivity index (χ4v) is 2.09. The van der Waals surface area contributed by atoms with Gasteiger partial charge in [0.15, 0.2) is 0 Å². The number of fused-ring (bicyclic) bond motifs is 1. The van der Waals surface area contributed by atoms with E-state index in [0.717, 1.165) is 49.1 Å². The van der Waals surface area contributed by atoms with Crippen LogP contribution in [0.25, 0.3) is 10.9 Å². The van der Waals surface area contributed by atoms with Gasteiger partial charge in [0.25, 0.3) is 0 Å². The van der Waals surface area contributed by atoms with Gasteiger partial charge in [-0.05, 0) is 25.0 Å². The maximum atomic E-state index is 11.6. The summed E-state index contributed by atoms with van der Waals surface area (Å²) in [7, 11) is 0. The van der Waals surface area contributed by atoms with E-state index in [4.69, 9.17) is 0 Å². The highest BCUT2D eigenvalue weighted by Crippen LogP contribution is 2.18. The topological polar surface area (TPSA) is 66.9 Å². The Bertz CT molecular complexity index is 580. The summed E-state index contributed by atoms with van der Waals surface area (Å²) in [5.74, 6) is 0.949. The Labute approximate surface area is 125 Å². The monoisotopic (exact) mass is 286 g/mol. The molecule has 1 aromatic heterocycles. The first-order valence-corrected chi connectivity index (χ1v) is 7.51. The van der Waals surface area contributed by atoms with Crippen LogP contribution in [0.5, 0.6) is 0 Å². The Balaban J connectivity index is 1.76. The summed E-state index contributed by atoms with van der Waals surface area (Å²) in [6.45, 7) is 3.61. The fourth-order valence-electron chi connectivity index (χ4n) is 2.09. The van der Waals surface area contributed by atoms with Crippen molar-refractivity contribution in [2.24, 2.45) is 0 Å². The van der Waals surface area contributed by atoms with Crippen LogP contribution >= 0.6 is 0 Å². The van der Waals surface area contributed by atoms with Crippen LogP contribution in [-0.2, 0) is 4.79 Å². The van der Waals surface area contributed by atoms with Gasteiger partial charge in [-0.25, -0.2) is 9.97 Å². The molecule has 1 heterocycles. The second-order valence-corrected chi connectivity index (χ2v) is 4.97. The number of anilines is 1. The largest absolute Gasteiger partial charge is 0.369 e. The highest BCUT2D eigenvalue weighted by atomic mass is 16.1. The van der Waals surface area contributed by atoms with Crippen LogP contribution in [0, 0.1) is 0 Å². The number of nitrogens with zero attached hydrogens (tertiary/aromatic N) is 2. The minimum absolute atomic E-state index is 0.123. The van der Waals surface area contributed by atoms with Crippen molar-refractivity contribution >= 4 is 22.6 Å². The van der Waals surface area contributed by atoms with Crippen molar-refractivity contribution in [1.82, 2.24) is 15.3 Å². The molecular weight excluding hydrogens is 264 g/mol. The van der Waals surface area contributed by atoms with Crippen LogP contribution < -0.4 is 10.6 Å². The van der Waals surface area contributed by atoms with Crippen LogP contribution in [0.4, 0.5) is 5.82 Å². The molecule has 0 aliphatic rings. The summed E-state index contributed by atoms with van der Waals surface area (Å²) in [5, 5.41) is 7.21. The molecule has 0 fully saturated rings. The molecule has 5 heteroatoms. The lowest BCUT2D eigenvalue weighted by molar-refractivity contribution is -0.121. The Morgan fingerprint density at radius 1 is 1.14 bits per heavy atom. The number of hydrogen-bond donors (Lipinski definition) is 2. The van der Waals surface area contributed by atoms with E-state index >= 15 is 0 Å². The first-order chi connectivity index (χ1) is 10.3. The number of aromatic nitrogens is 2. The SMILES string of the molecule is CCCCNC(=O)CCCNc1ncnc2ccccc12. The zero-order valence-corrected chi connectivity index (χ0v) is 12.4. The van der Waals surface area contributed by atoms with Crippen LogP contribution in [-0.4, -0.2) is 29.0 Å². The lowest BCUT2D eigenvalue weighted by Crippen LogP contribution is -2.24. The van der Waals surface area contributed by atoms with Gasteiger partial charge in [-0.1, -0.05) is 25.5 Å². The molecule has 0 atom stereocenters. The summed E-state index contributed by atoms with van der Waals surface area (Å²) in [6.07, 6.45) is 5.03. The molecule has 112 valence electrons. The second kappa shape index (κ2) is 8.19. The molecule has 0 aliphatic heterocycles. The van der Waals surface area contributed by atoms with E-state index in [2.05, 4.69) is 27.5 Å². The normalized spacial score (nSPS) is 10.5. The smallest absolute Gasteiger partial charge is 0.220 e. The van der Waals surface area contributed by atoms with Gasteiger partial charge in [-0.2, -0.15) is 0 Å². The number of carbonyl (C=O) groups excluding carboxylic acids is 1. The summed E-state index contributed by atoms with van der Waals surface area (Å²) in [5.41, 5.74) is 0.923. The van der Waals surface area contributed by atoms with E-state index in [1.54, 1.807) is 6.33 Å². The van der Waals surface area contributed by atoms with E-state index in [1.165, 1.54) is 0 Å². The van der Waals surface area contributed by atoms with E-state index in [0.29, 0.717) is 6.42 Å². The van der Waals surface area contributed by atoms with E-state index < -0.39 is 0 Å². The number of para-hydroxylation sites is 1. The molecule has 2 N–H and O–H groups in total. The van der Waals surface area contributed by atoms with Gasteiger partial charge < -0.3 is 10.6 Å². The van der Waals surface area contributed by atoms with Crippen LogP contribution in [0.3, 0.4) is 0 Å². The molecule has 5 nitrogen and oxygen atoms in total. The molecule has 0 unspecified atom stereocenters. The molecule has 0 radical (unpaired) electrons. The van der Waals surface area contributed by atoms with Crippen LogP contribution in [0.2, 0.25) is 0 Å². The standard InChI is InChI=1S/C16H22N4O/c1-2-3-10-17-15(21)9-6-11-18-16-13-7-4-5-8-14(13)19-12-20-16/h4-5,7-8,12H,2-3,6,9-11H2,1H3,(H,17,21)(H,18,19,20). The van der Waals surface area contributed by atoms with E-state index in [9.17, 15) is 4.79 Å². The van der Waals surface area contributed by atoms with E-state index in [-0.39, 0.29) is 5.91 Å². The van der Waals surface area contributed by atoms with E-state index in [1.807, 2.05) is 24.3 Å². The van der Waals surface area contributed by atoms with Gasteiger partial charge >= 0.3 is 0 Å². The highest BCUT2D eigenvalue weighted by molar-refractivity contribution is 5.88. The molecule has 1 amide bonds. The van der Waals surface area contributed by atoms with Crippen molar-refractivity contribution in [3.8, 4) is 0 Å². The number of nitrogens with one attached hydrogen (secondary N) is 2. The maximum Gasteiger partial charge on any atom is 0.220 e. The molecule has 0 spiro atoms. The molecule has 0 saturated carbocycles. The Kier molecular flexibility index (Phi) is 5.94. The summed E-state index contributed by atoms with van der Waals surface area (Å²) >= 11 is 0. The second-order valence-electron chi connectivity index (χ2n) is 4.97. The predicted octanol–water partition coefficient (Wildman–Crippen LogP) is 2.74. The van der Waals surface area contributed by atoms with Crippen molar-refractivity contribution in [2.45, 2.75) is 32.6 Å². The first-order valence-electron chi connectivity index (χ1n) is 7.51. The third-order valence-corrected chi connectivity index (χ3v) is 3.27. The minimum Gasteiger partial charge on any atom is -0.369 e. The fraction of sp³-hybridized carbons (Fsp3) is 0.438. The van der Waals surface area contributed by atoms with Gasteiger partial charge in [0, 0.05) is 24.9 Å². The predicted molar refractivity (Wildman–Crippen MR) is 85.2 cm³/mol. The van der Waals surface area contributed by atoms with Crippen molar-refractivity contribution < 1.29 is 4.79 Å². The molecule has 0 aliphatic carbocycles. The maximum absolute atomic E-state index is 11.6. The number of hydrogen-bond acceptors (Lipinski definition) is 4. The molecule has 2 aromatic rings. The van der Waals surface area contributed by atoms with Crippen LogP contribution in [0.15, 0.2) is 30.6 Å². The van der Waals surface area contributed by atoms with Gasteiger partial charge in [0.05, 0.1) is 5.52 Å². The lowest BCUT2D eigenvalue weighted by Gasteiger charge is -2.08. The Morgan fingerprint density at radius 3 is 2.86 bits per heavy atom. The first kappa shape index (κ1) is 15.2. The number of unbranched alkanes of at least 4 members (excludes halogenated alkanes) is 1. The molecule has 1 aromatic carbocycles. The molecule has 2 rings (SSSR count). The van der Waals surface area contributed by atoms with Crippen molar-refractivity contribution in [1.29, 1.82) is 0 Å². The van der Waals surface area contributed by atoms with Crippen molar-refractivity contribution in [3.05, 3.63) is 30.6 Å². The summed E-state index contributed by atoms with van der Waals surface area (Å²) in [6, 6.07) is 7.89. The number of amides is 1. The molecular formula is C16H22N4O. The number of carbonyl (C=O) groups is 1.